The molecule has 18 heavy (non-hydrogen) atoms. The molecule has 0 aliphatic heterocycles. The monoisotopic (exact) mass is 267 g/mol. The molecule has 85 valence electrons. The summed E-state index contributed by atoms with van der Waals surface area (Å²) in [7, 11) is 0. The first-order valence-corrected chi connectivity index (χ1v) is 7.13. The van der Waals surface area contributed by atoms with Crippen molar-refractivity contribution in [3.63, 3.8) is 0 Å². The summed E-state index contributed by atoms with van der Waals surface area (Å²) in [6, 6.07) is 14.5. The summed E-state index contributed by atoms with van der Waals surface area (Å²) in [5.74, 6) is 0. The molecule has 0 amide bonds. The summed E-state index contributed by atoms with van der Waals surface area (Å²) in [6.07, 6.45) is 0. The van der Waals surface area contributed by atoms with Gasteiger partial charge in [0, 0.05) is 10.9 Å². The van der Waals surface area contributed by atoms with Crippen molar-refractivity contribution in [3.05, 3.63) is 48.0 Å². The zero-order chi connectivity index (χ0) is 11.9. The van der Waals surface area contributed by atoms with Gasteiger partial charge in [0.15, 0.2) is 5.51 Å². The zero-order valence-electron chi connectivity index (χ0n) is 9.25. The molecule has 0 saturated carbocycles. The van der Waals surface area contributed by atoms with E-state index in [1.54, 1.807) is 11.3 Å². The van der Waals surface area contributed by atoms with E-state index in [0.29, 0.717) is 0 Å². The highest BCUT2D eigenvalue weighted by Gasteiger charge is 2.12. The van der Waals surface area contributed by atoms with E-state index in [0.717, 1.165) is 21.5 Å². The van der Waals surface area contributed by atoms with Crippen molar-refractivity contribution in [3.8, 4) is 11.3 Å². The highest BCUT2D eigenvalue weighted by molar-refractivity contribution is 7.16. The van der Waals surface area contributed by atoms with Crippen molar-refractivity contribution in [2.45, 2.75) is 0 Å². The number of para-hydroxylation sites is 1. The molecule has 4 heteroatoms. The number of hydrogen-bond donors (Lipinski definition) is 0. The fraction of sp³-hybridized carbons (Fsp3) is 0. The Morgan fingerprint density at radius 2 is 1.83 bits per heavy atom. The zero-order valence-corrected chi connectivity index (χ0v) is 10.9. The number of benzene rings is 2. The highest BCUT2D eigenvalue weighted by atomic mass is 32.1. The van der Waals surface area contributed by atoms with Gasteiger partial charge in [0.05, 0.1) is 20.6 Å². The first-order chi connectivity index (χ1) is 8.93. The van der Waals surface area contributed by atoms with E-state index in [9.17, 15) is 0 Å². The van der Waals surface area contributed by atoms with E-state index in [2.05, 4.69) is 45.2 Å². The van der Waals surface area contributed by atoms with Gasteiger partial charge in [-0.25, -0.2) is 4.98 Å². The lowest BCUT2D eigenvalue weighted by Crippen LogP contribution is -1.80. The van der Waals surface area contributed by atoms with E-state index < -0.39 is 0 Å². The molecule has 2 aromatic carbocycles. The van der Waals surface area contributed by atoms with Crippen LogP contribution in [0.1, 0.15) is 0 Å². The first-order valence-electron chi connectivity index (χ1n) is 5.54. The molecule has 0 spiro atoms. The molecule has 0 atom stereocenters. The van der Waals surface area contributed by atoms with Crippen LogP contribution in [-0.2, 0) is 0 Å². The molecule has 0 aliphatic carbocycles. The van der Waals surface area contributed by atoms with Gasteiger partial charge in [0.25, 0.3) is 0 Å². The van der Waals surface area contributed by atoms with Gasteiger partial charge in [-0.15, -0.1) is 11.3 Å². The maximum absolute atomic E-state index is 4.59. The second-order valence-electron chi connectivity index (χ2n) is 3.98. The SMILES string of the molecule is [c]1nc2c(-c3nsc4ccccc34)cccc2s1. The van der Waals surface area contributed by atoms with E-state index in [1.165, 1.54) is 21.6 Å². The van der Waals surface area contributed by atoms with Crippen LogP contribution in [0.5, 0.6) is 0 Å². The Morgan fingerprint density at radius 1 is 0.944 bits per heavy atom. The molecule has 0 N–H and O–H groups in total. The summed E-state index contributed by atoms with van der Waals surface area (Å²) < 4.78 is 6.96. The van der Waals surface area contributed by atoms with E-state index >= 15 is 0 Å². The second-order valence-corrected chi connectivity index (χ2v) is 5.62. The van der Waals surface area contributed by atoms with Gasteiger partial charge in [0.2, 0.25) is 0 Å². The van der Waals surface area contributed by atoms with E-state index in [-0.39, 0.29) is 0 Å². The van der Waals surface area contributed by atoms with Crippen LogP contribution >= 0.6 is 22.9 Å². The van der Waals surface area contributed by atoms with Crippen molar-refractivity contribution in [1.82, 2.24) is 9.36 Å². The maximum atomic E-state index is 4.59. The number of nitrogens with zero attached hydrogens (tertiary/aromatic N) is 2. The molecule has 2 aromatic heterocycles. The summed E-state index contributed by atoms with van der Waals surface area (Å²) in [4.78, 5) is 4.34. The average molecular weight is 267 g/mol. The number of fused-ring (bicyclic) bond motifs is 2. The van der Waals surface area contributed by atoms with Crippen molar-refractivity contribution in [2.75, 3.05) is 0 Å². The molecular formula is C14H7N2S2. The van der Waals surface area contributed by atoms with Gasteiger partial charge in [-0.2, -0.15) is 4.37 Å². The van der Waals surface area contributed by atoms with Crippen molar-refractivity contribution in [1.29, 1.82) is 0 Å². The Bertz CT molecular complexity index is 845. The van der Waals surface area contributed by atoms with Crippen LogP contribution in [0.3, 0.4) is 0 Å². The molecule has 1 radical (unpaired) electrons. The molecular weight excluding hydrogens is 260 g/mol. The molecule has 2 heterocycles. The number of hydrogen-bond acceptors (Lipinski definition) is 4. The van der Waals surface area contributed by atoms with Crippen molar-refractivity contribution in [2.24, 2.45) is 0 Å². The molecule has 0 fully saturated rings. The lowest BCUT2D eigenvalue weighted by Gasteiger charge is -1.99. The summed E-state index contributed by atoms with van der Waals surface area (Å²) in [5.41, 5.74) is 6.08. The second kappa shape index (κ2) is 3.86. The van der Waals surface area contributed by atoms with Crippen LogP contribution in [0, 0.1) is 5.51 Å². The largest absolute Gasteiger partial charge is 0.233 e. The minimum Gasteiger partial charge on any atom is -0.233 e. The molecule has 4 aromatic rings. The molecule has 2 nitrogen and oxygen atoms in total. The first kappa shape index (κ1) is 10.2. The van der Waals surface area contributed by atoms with Crippen LogP contribution in [-0.4, -0.2) is 9.36 Å². The molecule has 0 saturated heterocycles. The third-order valence-electron chi connectivity index (χ3n) is 2.94. The van der Waals surface area contributed by atoms with Gasteiger partial charge in [-0.3, -0.25) is 0 Å². The van der Waals surface area contributed by atoms with Crippen molar-refractivity contribution >= 4 is 43.2 Å². The molecule has 0 unspecified atom stereocenters. The minimum atomic E-state index is 0.999. The van der Waals surface area contributed by atoms with Crippen LogP contribution < -0.4 is 0 Å². The minimum absolute atomic E-state index is 0.999. The smallest absolute Gasteiger partial charge is 0.153 e. The van der Waals surface area contributed by atoms with Crippen LogP contribution in [0.15, 0.2) is 42.5 Å². The van der Waals surface area contributed by atoms with Gasteiger partial charge in [0.1, 0.15) is 0 Å². The standard InChI is InChI=1S/C14H7N2S2/c1-2-6-11-9(4-1)13(16-18-11)10-5-3-7-12-14(10)15-8-17-12/h1-7H. The fourth-order valence-corrected chi connectivity index (χ4v) is 3.53. The third kappa shape index (κ3) is 1.39. The van der Waals surface area contributed by atoms with Crippen LogP contribution in [0.4, 0.5) is 0 Å². The summed E-state index contributed by atoms with van der Waals surface area (Å²) >= 11 is 3.08. The number of rotatable bonds is 1. The molecule has 0 aliphatic rings. The lowest BCUT2D eigenvalue weighted by atomic mass is 10.1. The Labute approximate surface area is 112 Å². The predicted octanol–water partition coefficient (Wildman–Crippen LogP) is 4.37. The van der Waals surface area contributed by atoms with Gasteiger partial charge in [-0.05, 0) is 23.7 Å². The normalized spacial score (nSPS) is 11.3. The number of thiazole rings is 1. The van der Waals surface area contributed by atoms with Crippen molar-refractivity contribution < 1.29 is 0 Å². The quantitative estimate of drug-likeness (QED) is 0.511. The van der Waals surface area contributed by atoms with Gasteiger partial charge < -0.3 is 0 Å². The Hall–Kier alpha value is -1.78. The lowest BCUT2D eigenvalue weighted by molar-refractivity contribution is 1.46. The maximum Gasteiger partial charge on any atom is 0.153 e. The fourth-order valence-electron chi connectivity index (χ4n) is 2.11. The van der Waals surface area contributed by atoms with Crippen LogP contribution in [0.2, 0.25) is 0 Å². The predicted molar refractivity (Wildman–Crippen MR) is 77.1 cm³/mol. The molecule has 0 bridgehead atoms. The van der Waals surface area contributed by atoms with Gasteiger partial charge >= 0.3 is 0 Å². The Morgan fingerprint density at radius 3 is 2.83 bits per heavy atom. The topological polar surface area (TPSA) is 25.8 Å². The summed E-state index contributed by atoms with van der Waals surface area (Å²) in [6.45, 7) is 0. The van der Waals surface area contributed by atoms with E-state index in [1.807, 2.05) is 12.1 Å². The third-order valence-corrected chi connectivity index (χ3v) is 4.50. The number of aromatic nitrogens is 2. The Kier molecular flexibility index (Phi) is 2.18. The molecule has 4 rings (SSSR count). The Balaban J connectivity index is 2.10. The van der Waals surface area contributed by atoms with Crippen LogP contribution in [0.25, 0.3) is 31.6 Å². The van der Waals surface area contributed by atoms with Gasteiger partial charge in [-0.1, -0.05) is 30.3 Å². The highest BCUT2D eigenvalue weighted by Crippen LogP contribution is 2.35. The summed E-state index contributed by atoms with van der Waals surface area (Å²) in [5, 5.41) is 1.20. The van der Waals surface area contributed by atoms with E-state index in [4.69, 9.17) is 0 Å². The average Bonchev–Trinajstić information content (AvgIpc) is 3.05.